The summed E-state index contributed by atoms with van der Waals surface area (Å²) in [6.07, 6.45) is 0.209. The molecule has 2 aromatic rings. The van der Waals surface area contributed by atoms with Gasteiger partial charge in [-0.15, -0.1) is 11.3 Å². The molecule has 3 nitrogen and oxygen atoms in total. The second-order valence-electron chi connectivity index (χ2n) is 4.04. The van der Waals surface area contributed by atoms with Crippen molar-refractivity contribution in [3.05, 3.63) is 45.7 Å². The molecule has 0 bridgehead atoms. The summed E-state index contributed by atoms with van der Waals surface area (Å²) >= 11 is 1.51. The maximum Gasteiger partial charge on any atom is 0.230 e. The molecule has 1 heterocycles. The third-order valence-electron chi connectivity index (χ3n) is 2.48. The number of carbonyl (C=O) groups excluding carboxylic acids is 1. The Balaban J connectivity index is 2.05. The lowest BCUT2D eigenvalue weighted by atomic mass is 10.2. The van der Waals surface area contributed by atoms with Gasteiger partial charge >= 0.3 is 0 Å². The van der Waals surface area contributed by atoms with Crippen molar-refractivity contribution in [2.45, 2.75) is 20.3 Å². The molecule has 0 aliphatic carbocycles. The van der Waals surface area contributed by atoms with Crippen LogP contribution in [0, 0.1) is 19.7 Å². The molecule has 94 valence electrons. The Morgan fingerprint density at radius 2 is 2.22 bits per heavy atom. The summed E-state index contributed by atoms with van der Waals surface area (Å²) in [6.45, 7) is 3.71. The van der Waals surface area contributed by atoms with Gasteiger partial charge in [-0.05, 0) is 31.5 Å². The van der Waals surface area contributed by atoms with Gasteiger partial charge in [-0.3, -0.25) is 4.79 Å². The van der Waals surface area contributed by atoms with Crippen molar-refractivity contribution in [2.75, 3.05) is 5.32 Å². The second-order valence-corrected chi connectivity index (χ2v) is 5.10. The zero-order valence-corrected chi connectivity index (χ0v) is 11.0. The summed E-state index contributed by atoms with van der Waals surface area (Å²) in [6, 6.07) is 4.33. The van der Waals surface area contributed by atoms with Crippen molar-refractivity contribution in [2.24, 2.45) is 0 Å². The highest BCUT2D eigenvalue weighted by Crippen LogP contribution is 2.16. The van der Waals surface area contributed by atoms with E-state index in [0.717, 1.165) is 16.3 Å². The number of anilines is 1. The fourth-order valence-corrected chi connectivity index (χ4v) is 2.19. The van der Waals surface area contributed by atoms with Crippen molar-refractivity contribution >= 4 is 22.9 Å². The third kappa shape index (κ3) is 3.13. The van der Waals surface area contributed by atoms with E-state index in [2.05, 4.69) is 10.3 Å². The molecule has 0 saturated carbocycles. The third-order valence-corrected chi connectivity index (χ3v) is 3.30. The molecule has 18 heavy (non-hydrogen) atoms. The van der Waals surface area contributed by atoms with E-state index in [1.807, 2.05) is 19.2 Å². The summed E-state index contributed by atoms with van der Waals surface area (Å²) in [4.78, 5) is 16.0. The van der Waals surface area contributed by atoms with Gasteiger partial charge in [0, 0.05) is 11.1 Å². The molecule has 5 heteroatoms. The predicted octanol–water partition coefficient (Wildman–Crippen LogP) is 3.08. The first kappa shape index (κ1) is 12.7. The molecule has 1 amide bonds. The van der Waals surface area contributed by atoms with Gasteiger partial charge in [-0.25, -0.2) is 9.37 Å². The molecule has 0 radical (unpaired) electrons. The predicted molar refractivity (Wildman–Crippen MR) is 70.3 cm³/mol. The van der Waals surface area contributed by atoms with Crippen LogP contribution in [0.1, 0.15) is 16.3 Å². The number of thiazole rings is 1. The van der Waals surface area contributed by atoms with Crippen molar-refractivity contribution in [3.63, 3.8) is 0 Å². The van der Waals surface area contributed by atoms with Gasteiger partial charge in [-0.2, -0.15) is 0 Å². The van der Waals surface area contributed by atoms with Crippen LogP contribution in [0.2, 0.25) is 0 Å². The molecule has 0 unspecified atom stereocenters. The number of nitrogens with zero attached hydrogens (tertiary/aromatic N) is 1. The van der Waals surface area contributed by atoms with Gasteiger partial charge in [0.1, 0.15) is 5.82 Å². The number of carbonyl (C=O) groups is 1. The molecule has 0 saturated heterocycles. The van der Waals surface area contributed by atoms with E-state index in [1.54, 1.807) is 6.07 Å². The summed E-state index contributed by atoms with van der Waals surface area (Å²) in [5, 5.41) is 5.48. The van der Waals surface area contributed by atoms with Crippen LogP contribution in [0.5, 0.6) is 0 Å². The van der Waals surface area contributed by atoms with Crippen LogP contribution < -0.4 is 5.32 Å². The van der Waals surface area contributed by atoms with Crippen molar-refractivity contribution < 1.29 is 9.18 Å². The van der Waals surface area contributed by atoms with Crippen LogP contribution in [-0.2, 0) is 11.2 Å². The number of hydrogen-bond donors (Lipinski definition) is 1. The first-order valence-electron chi connectivity index (χ1n) is 5.51. The topological polar surface area (TPSA) is 42.0 Å². The van der Waals surface area contributed by atoms with Crippen molar-refractivity contribution in [1.29, 1.82) is 0 Å². The average molecular weight is 264 g/mol. The lowest BCUT2D eigenvalue weighted by Crippen LogP contribution is -2.15. The van der Waals surface area contributed by atoms with E-state index in [9.17, 15) is 9.18 Å². The molecular weight excluding hydrogens is 251 g/mol. The average Bonchev–Trinajstić information content (AvgIpc) is 2.69. The largest absolute Gasteiger partial charge is 0.325 e. The SMILES string of the molecule is Cc1nc(CC(=O)Nc2cc(F)ccc2C)cs1. The van der Waals surface area contributed by atoms with Gasteiger partial charge in [0.15, 0.2) is 0 Å². The van der Waals surface area contributed by atoms with Gasteiger partial charge in [0.25, 0.3) is 0 Å². The second kappa shape index (κ2) is 5.27. The van der Waals surface area contributed by atoms with Crippen LogP contribution in [-0.4, -0.2) is 10.9 Å². The molecule has 0 aliphatic heterocycles. The number of aryl methyl sites for hydroxylation is 2. The summed E-state index contributed by atoms with van der Waals surface area (Å²) in [7, 11) is 0. The van der Waals surface area contributed by atoms with Crippen molar-refractivity contribution in [3.8, 4) is 0 Å². The molecule has 1 aromatic heterocycles. The minimum absolute atomic E-state index is 0.186. The van der Waals surface area contributed by atoms with E-state index in [1.165, 1.54) is 23.5 Å². The lowest BCUT2D eigenvalue weighted by molar-refractivity contribution is -0.115. The number of hydrogen-bond acceptors (Lipinski definition) is 3. The Labute approximate surface area is 109 Å². The Morgan fingerprint density at radius 3 is 2.89 bits per heavy atom. The highest BCUT2D eigenvalue weighted by Gasteiger charge is 2.08. The molecule has 0 spiro atoms. The molecule has 2 rings (SSSR count). The molecule has 1 aromatic carbocycles. The standard InChI is InChI=1S/C13H13FN2OS/c1-8-3-4-10(14)5-12(8)16-13(17)6-11-7-18-9(2)15-11/h3-5,7H,6H2,1-2H3,(H,16,17). The highest BCUT2D eigenvalue weighted by atomic mass is 32.1. The summed E-state index contributed by atoms with van der Waals surface area (Å²) in [5.74, 6) is -0.547. The van der Waals surface area contributed by atoms with Crippen LogP contribution in [0.15, 0.2) is 23.6 Å². The van der Waals surface area contributed by atoms with Crippen LogP contribution in [0.3, 0.4) is 0 Å². The van der Waals surface area contributed by atoms with Crippen LogP contribution >= 0.6 is 11.3 Å². The quantitative estimate of drug-likeness (QED) is 0.925. The molecular formula is C13H13FN2OS. The maximum absolute atomic E-state index is 13.1. The van der Waals surface area contributed by atoms with E-state index < -0.39 is 0 Å². The van der Waals surface area contributed by atoms with E-state index in [4.69, 9.17) is 0 Å². The highest BCUT2D eigenvalue weighted by molar-refractivity contribution is 7.09. The minimum atomic E-state index is -0.361. The smallest absolute Gasteiger partial charge is 0.230 e. The summed E-state index contributed by atoms with van der Waals surface area (Å²) in [5.41, 5.74) is 2.08. The monoisotopic (exact) mass is 264 g/mol. The number of nitrogens with one attached hydrogen (secondary N) is 1. The number of rotatable bonds is 3. The van der Waals surface area contributed by atoms with E-state index in [0.29, 0.717) is 5.69 Å². The van der Waals surface area contributed by atoms with E-state index >= 15 is 0 Å². The van der Waals surface area contributed by atoms with Gasteiger partial charge in [0.05, 0.1) is 17.1 Å². The Bertz CT molecular complexity index is 580. The molecule has 1 N–H and O–H groups in total. The number of amides is 1. The molecule has 0 atom stereocenters. The summed E-state index contributed by atoms with van der Waals surface area (Å²) < 4.78 is 13.1. The van der Waals surface area contributed by atoms with Crippen molar-refractivity contribution in [1.82, 2.24) is 4.98 Å². The fraction of sp³-hybridized carbons (Fsp3) is 0.231. The zero-order valence-electron chi connectivity index (χ0n) is 10.2. The first-order valence-corrected chi connectivity index (χ1v) is 6.39. The van der Waals surface area contributed by atoms with E-state index in [-0.39, 0.29) is 18.1 Å². The first-order chi connectivity index (χ1) is 8.54. The minimum Gasteiger partial charge on any atom is -0.325 e. The maximum atomic E-state index is 13.1. The Hall–Kier alpha value is -1.75. The van der Waals surface area contributed by atoms with Gasteiger partial charge in [0.2, 0.25) is 5.91 Å². The fourth-order valence-electron chi connectivity index (χ4n) is 1.58. The lowest BCUT2D eigenvalue weighted by Gasteiger charge is -2.07. The molecule has 0 fully saturated rings. The number of halogens is 1. The number of aromatic nitrogens is 1. The van der Waals surface area contributed by atoms with Gasteiger partial charge in [-0.1, -0.05) is 6.07 Å². The molecule has 0 aliphatic rings. The van der Waals surface area contributed by atoms with Gasteiger partial charge < -0.3 is 5.32 Å². The van der Waals surface area contributed by atoms with Crippen LogP contribution in [0.25, 0.3) is 0 Å². The van der Waals surface area contributed by atoms with Crippen LogP contribution in [0.4, 0.5) is 10.1 Å². The normalized spacial score (nSPS) is 10.4. The Kier molecular flexibility index (Phi) is 3.72. The zero-order chi connectivity index (χ0) is 13.1. The number of benzene rings is 1. The Morgan fingerprint density at radius 1 is 1.44 bits per heavy atom.